The Bertz CT molecular complexity index is 650. The Labute approximate surface area is 135 Å². The van der Waals surface area contributed by atoms with Crippen molar-refractivity contribution < 1.29 is 9.90 Å². The second-order valence-corrected chi connectivity index (χ2v) is 6.71. The number of rotatable bonds is 6. The van der Waals surface area contributed by atoms with E-state index in [1.54, 1.807) is 0 Å². The predicted octanol–water partition coefficient (Wildman–Crippen LogP) is 1.77. The zero-order chi connectivity index (χ0) is 16.7. The molecule has 1 aromatic rings. The average molecular weight is 317 g/mol. The third-order valence-corrected chi connectivity index (χ3v) is 4.96. The molecule has 2 aliphatic carbocycles. The molecule has 1 heterocycles. The number of carbonyl (C=O) groups excluding carboxylic acids is 1. The van der Waals surface area contributed by atoms with Crippen LogP contribution in [-0.4, -0.2) is 32.1 Å². The fourth-order valence-electron chi connectivity index (χ4n) is 3.56. The zero-order valence-corrected chi connectivity index (χ0v) is 13.4. The van der Waals surface area contributed by atoms with Crippen molar-refractivity contribution in [3.63, 3.8) is 0 Å². The maximum atomic E-state index is 11.5. The molecule has 1 aromatic heterocycles. The van der Waals surface area contributed by atoms with E-state index in [1.807, 2.05) is 6.92 Å². The van der Waals surface area contributed by atoms with E-state index < -0.39 is 11.5 Å². The van der Waals surface area contributed by atoms with Gasteiger partial charge < -0.3 is 21.5 Å². The third-order valence-electron chi connectivity index (χ3n) is 4.96. The summed E-state index contributed by atoms with van der Waals surface area (Å²) in [6.07, 6.45) is 6.25. The van der Waals surface area contributed by atoms with Gasteiger partial charge >= 0.3 is 0 Å². The second kappa shape index (κ2) is 5.49. The summed E-state index contributed by atoms with van der Waals surface area (Å²) in [6, 6.07) is 0. The summed E-state index contributed by atoms with van der Waals surface area (Å²) in [4.78, 5) is 20.2. The van der Waals surface area contributed by atoms with Gasteiger partial charge in [0.15, 0.2) is 0 Å². The van der Waals surface area contributed by atoms with Crippen molar-refractivity contribution in [1.82, 2.24) is 9.97 Å². The van der Waals surface area contributed by atoms with Crippen LogP contribution in [0, 0.1) is 0 Å². The highest BCUT2D eigenvalue weighted by Crippen LogP contribution is 2.51. The molecule has 2 bridgehead atoms. The van der Waals surface area contributed by atoms with Crippen LogP contribution in [0.5, 0.6) is 0 Å². The first kappa shape index (κ1) is 15.7. The summed E-state index contributed by atoms with van der Waals surface area (Å²) in [6.45, 7) is 5.83. The first-order valence-electron chi connectivity index (χ1n) is 7.97. The summed E-state index contributed by atoms with van der Waals surface area (Å²) in [5.74, 6) is 0.217. The molecule has 2 aliphatic rings. The van der Waals surface area contributed by atoms with Crippen LogP contribution in [0.15, 0.2) is 18.5 Å². The van der Waals surface area contributed by atoms with Gasteiger partial charge in [0.05, 0.1) is 5.60 Å². The highest BCUT2D eigenvalue weighted by atomic mass is 16.3. The minimum Gasteiger partial charge on any atom is -0.390 e. The van der Waals surface area contributed by atoms with E-state index in [4.69, 9.17) is 5.73 Å². The number of carbonyl (C=O) groups is 1. The summed E-state index contributed by atoms with van der Waals surface area (Å²) in [5.41, 5.74) is 5.66. The van der Waals surface area contributed by atoms with Gasteiger partial charge in [0, 0.05) is 17.4 Å². The molecular weight excluding hydrogens is 294 g/mol. The molecule has 1 amide bonds. The molecule has 0 spiro atoms. The Morgan fingerprint density at radius 1 is 1.43 bits per heavy atom. The van der Waals surface area contributed by atoms with Gasteiger partial charge in [-0.1, -0.05) is 13.5 Å². The number of nitrogens with zero attached hydrogens (tertiary/aromatic N) is 2. The minimum atomic E-state index is -0.586. The first-order chi connectivity index (χ1) is 10.8. The zero-order valence-electron chi connectivity index (χ0n) is 13.4. The van der Waals surface area contributed by atoms with Gasteiger partial charge in [-0.3, -0.25) is 4.79 Å². The quantitative estimate of drug-likeness (QED) is 0.636. The molecule has 3 rings (SSSR count). The number of nitrogens with one attached hydrogen (secondary N) is 2. The van der Waals surface area contributed by atoms with E-state index in [2.05, 4.69) is 27.2 Å². The van der Waals surface area contributed by atoms with Gasteiger partial charge in [-0.25, -0.2) is 4.98 Å². The normalized spacial score (nSPS) is 28.6. The van der Waals surface area contributed by atoms with Gasteiger partial charge in [-0.15, -0.1) is 0 Å². The van der Waals surface area contributed by atoms with Gasteiger partial charge in [-0.2, -0.15) is 4.98 Å². The van der Waals surface area contributed by atoms with Crippen molar-refractivity contribution in [1.29, 1.82) is 0 Å². The lowest BCUT2D eigenvalue weighted by molar-refractivity contribution is 0.0521. The number of aromatic nitrogens is 2. The van der Waals surface area contributed by atoms with Crippen LogP contribution in [0.25, 0.3) is 0 Å². The van der Waals surface area contributed by atoms with E-state index in [9.17, 15) is 9.90 Å². The second-order valence-electron chi connectivity index (χ2n) is 6.71. The van der Waals surface area contributed by atoms with Gasteiger partial charge in [0.25, 0.3) is 5.91 Å². The Balaban J connectivity index is 1.84. The van der Waals surface area contributed by atoms with Crippen molar-refractivity contribution in [3.8, 4) is 0 Å². The molecule has 0 saturated heterocycles. The summed E-state index contributed by atoms with van der Waals surface area (Å²) < 4.78 is 0. The Morgan fingerprint density at radius 3 is 2.65 bits per heavy atom. The average Bonchev–Trinajstić information content (AvgIpc) is 3.00. The Morgan fingerprint density at radius 2 is 2.13 bits per heavy atom. The summed E-state index contributed by atoms with van der Waals surface area (Å²) in [5, 5.41) is 16.7. The number of allylic oxidation sites excluding steroid dienone is 1. The first-order valence-corrected chi connectivity index (χ1v) is 7.97. The number of primary amides is 1. The van der Waals surface area contributed by atoms with Crippen LogP contribution < -0.4 is 16.4 Å². The van der Waals surface area contributed by atoms with Crippen LogP contribution in [0.1, 0.15) is 55.8 Å². The molecule has 0 aliphatic heterocycles. The minimum absolute atomic E-state index is 0.151. The van der Waals surface area contributed by atoms with Gasteiger partial charge in [-0.05, 0) is 38.5 Å². The molecule has 7 nitrogen and oxygen atoms in total. The highest BCUT2D eigenvalue weighted by molar-refractivity contribution is 5.97. The Hall–Kier alpha value is -2.15. The SMILES string of the molecule is C=C(CC)Nc1nc(NC23CCC(O)(CC2)C3)ncc1C(N)=O. The molecule has 124 valence electrons. The molecule has 2 fully saturated rings. The number of amides is 1. The van der Waals surface area contributed by atoms with Crippen LogP contribution in [0.2, 0.25) is 0 Å². The topological polar surface area (TPSA) is 113 Å². The van der Waals surface area contributed by atoms with Crippen molar-refractivity contribution >= 4 is 17.7 Å². The lowest BCUT2D eigenvalue weighted by Gasteiger charge is -2.28. The van der Waals surface area contributed by atoms with Crippen LogP contribution >= 0.6 is 0 Å². The van der Waals surface area contributed by atoms with E-state index in [0.717, 1.165) is 31.4 Å². The number of hydrogen-bond donors (Lipinski definition) is 4. The highest BCUT2D eigenvalue weighted by Gasteiger charge is 2.53. The van der Waals surface area contributed by atoms with E-state index in [1.165, 1.54) is 6.20 Å². The maximum absolute atomic E-state index is 11.5. The fraction of sp³-hybridized carbons (Fsp3) is 0.562. The molecule has 0 radical (unpaired) electrons. The van der Waals surface area contributed by atoms with E-state index in [0.29, 0.717) is 24.6 Å². The number of fused-ring (bicyclic) bond motifs is 2. The number of nitrogens with two attached hydrogens (primary N) is 1. The van der Waals surface area contributed by atoms with Crippen LogP contribution in [0.3, 0.4) is 0 Å². The monoisotopic (exact) mass is 317 g/mol. The lowest BCUT2D eigenvalue weighted by atomic mass is 9.93. The van der Waals surface area contributed by atoms with Crippen LogP contribution in [0.4, 0.5) is 11.8 Å². The summed E-state index contributed by atoms with van der Waals surface area (Å²) in [7, 11) is 0. The maximum Gasteiger partial charge on any atom is 0.254 e. The molecule has 23 heavy (non-hydrogen) atoms. The number of anilines is 2. The molecule has 7 heteroatoms. The van der Waals surface area contributed by atoms with Gasteiger partial charge in [0.2, 0.25) is 5.95 Å². The molecule has 0 unspecified atom stereocenters. The molecule has 5 N–H and O–H groups in total. The number of aliphatic hydroxyl groups is 1. The number of hydrogen-bond acceptors (Lipinski definition) is 6. The predicted molar refractivity (Wildman–Crippen MR) is 88.0 cm³/mol. The molecule has 0 aromatic carbocycles. The smallest absolute Gasteiger partial charge is 0.254 e. The molecule has 0 atom stereocenters. The Kier molecular flexibility index (Phi) is 3.75. The van der Waals surface area contributed by atoms with Crippen molar-refractivity contribution in [2.75, 3.05) is 10.6 Å². The lowest BCUT2D eigenvalue weighted by Crippen LogP contribution is -2.34. The van der Waals surface area contributed by atoms with Crippen molar-refractivity contribution in [3.05, 3.63) is 24.0 Å². The molecule has 2 saturated carbocycles. The van der Waals surface area contributed by atoms with Crippen molar-refractivity contribution in [2.24, 2.45) is 5.73 Å². The van der Waals surface area contributed by atoms with Gasteiger partial charge in [0.1, 0.15) is 11.4 Å². The van der Waals surface area contributed by atoms with Crippen LogP contribution in [-0.2, 0) is 0 Å². The molecular formula is C16H23N5O2. The van der Waals surface area contributed by atoms with Crippen molar-refractivity contribution in [2.45, 2.75) is 56.6 Å². The third kappa shape index (κ3) is 3.01. The van der Waals surface area contributed by atoms with E-state index >= 15 is 0 Å². The fourth-order valence-corrected chi connectivity index (χ4v) is 3.56. The summed E-state index contributed by atoms with van der Waals surface area (Å²) >= 11 is 0. The largest absolute Gasteiger partial charge is 0.390 e. The standard InChI is InChI=1S/C16H23N5O2/c1-3-10(2)19-13-11(12(17)22)8-18-14(20-13)21-15-4-6-16(23,9-15)7-5-15/h8,23H,2-7,9H2,1H3,(H2,17,22)(H2,18,19,20,21). The van der Waals surface area contributed by atoms with E-state index in [-0.39, 0.29) is 11.1 Å².